The summed E-state index contributed by atoms with van der Waals surface area (Å²) in [5.74, 6) is 0.273. The quantitative estimate of drug-likeness (QED) is 0.755. The molecular weight excluding hydrogens is 200 g/mol. The summed E-state index contributed by atoms with van der Waals surface area (Å²) in [7, 11) is 0. The average molecular weight is 219 g/mol. The lowest BCUT2D eigenvalue weighted by Crippen LogP contribution is -2.46. The largest absolute Gasteiger partial charge is 0.337 e. The first-order valence-electron chi connectivity index (χ1n) is 5.28. The maximum Gasteiger partial charge on any atom is 0.219 e. The van der Waals surface area contributed by atoms with Gasteiger partial charge in [0.05, 0.1) is 0 Å². The van der Waals surface area contributed by atoms with E-state index in [-0.39, 0.29) is 18.3 Å². The van der Waals surface area contributed by atoms with Crippen LogP contribution in [0, 0.1) is 0 Å². The van der Waals surface area contributed by atoms with E-state index in [1.165, 1.54) is 12.8 Å². The maximum atomic E-state index is 11.4. The molecule has 0 spiro atoms. The van der Waals surface area contributed by atoms with Crippen molar-refractivity contribution in [2.75, 3.05) is 13.1 Å². The van der Waals surface area contributed by atoms with Crippen LogP contribution >= 0.6 is 12.4 Å². The predicted octanol–water partition coefficient (Wildman–Crippen LogP) is 1.17. The Kier molecular flexibility index (Phi) is 4.20. The Hall–Kier alpha value is -0.280. The molecule has 0 aromatic carbocycles. The van der Waals surface area contributed by atoms with Gasteiger partial charge >= 0.3 is 0 Å². The highest BCUT2D eigenvalue weighted by atomic mass is 35.5. The van der Waals surface area contributed by atoms with Gasteiger partial charge in [0.1, 0.15) is 0 Å². The highest BCUT2D eigenvalue weighted by Gasteiger charge is 2.35. The third-order valence-corrected chi connectivity index (χ3v) is 3.01. The van der Waals surface area contributed by atoms with Crippen LogP contribution in [0.3, 0.4) is 0 Å². The van der Waals surface area contributed by atoms with E-state index in [4.69, 9.17) is 0 Å². The summed E-state index contributed by atoms with van der Waals surface area (Å²) in [4.78, 5) is 13.6. The number of halogens is 1. The zero-order valence-corrected chi connectivity index (χ0v) is 9.48. The molecule has 1 saturated carbocycles. The van der Waals surface area contributed by atoms with E-state index in [1.54, 1.807) is 6.92 Å². The van der Waals surface area contributed by atoms with Crippen LogP contribution in [0.4, 0.5) is 0 Å². The van der Waals surface area contributed by atoms with Crippen LogP contribution < -0.4 is 5.32 Å². The van der Waals surface area contributed by atoms with Gasteiger partial charge in [-0.05, 0) is 38.8 Å². The standard InChI is InChI=1S/C10H18N2O.ClH/c1-8(13)12(9-2-3-9)10-4-6-11-7-5-10;/h9-11H,2-7H2,1H3;1H. The number of rotatable bonds is 2. The monoisotopic (exact) mass is 218 g/mol. The van der Waals surface area contributed by atoms with Crippen molar-refractivity contribution in [2.24, 2.45) is 0 Å². The van der Waals surface area contributed by atoms with Gasteiger partial charge in [0.25, 0.3) is 0 Å². The van der Waals surface area contributed by atoms with E-state index in [9.17, 15) is 4.79 Å². The Bertz CT molecular complexity index is 200. The van der Waals surface area contributed by atoms with Gasteiger partial charge in [0, 0.05) is 19.0 Å². The summed E-state index contributed by atoms with van der Waals surface area (Å²) in [6.07, 6.45) is 4.72. The van der Waals surface area contributed by atoms with Gasteiger partial charge in [0.2, 0.25) is 5.91 Å². The minimum Gasteiger partial charge on any atom is -0.337 e. The number of hydrogen-bond acceptors (Lipinski definition) is 2. The van der Waals surface area contributed by atoms with Crippen molar-refractivity contribution in [3.63, 3.8) is 0 Å². The fourth-order valence-electron chi connectivity index (χ4n) is 2.25. The first kappa shape index (κ1) is 11.8. The zero-order valence-electron chi connectivity index (χ0n) is 8.66. The van der Waals surface area contributed by atoms with Crippen molar-refractivity contribution in [2.45, 2.75) is 44.7 Å². The number of hydrogen-bond donors (Lipinski definition) is 1. The average Bonchev–Trinajstić information content (AvgIpc) is 2.90. The molecule has 4 heteroatoms. The fourth-order valence-corrected chi connectivity index (χ4v) is 2.25. The molecule has 0 aromatic heterocycles. The molecule has 82 valence electrons. The van der Waals surface area contributed by atoms with E-state index < -0.39 is 0 Å². The molecule has 14 heavy (non-hydrogen) atoms. The predicted molar refractivity (Wildman–Crippen MR) is 58.7 cm³/mol. The molecule has 2 rings (SSSR count). The van der Waals surface area contributed by atoms with Gasteiger partial charge in [-0.3, -0.25) is 4.79 Å². The Balaban J connectivity index is 0.000000980. The lowest BCUT2D eigenvalue weighted by molar-refractivity contribution is -0.132. The molecule has 1 aliphatic carbocycles. The highest BCUT2D eigenvalue weighted by Crippen LogP contribution is 2.30. The van der Waals surface area contributed by atoms with Gasteiger partial charge in [0.15, 0.2) is 0 Å². The molecule has 1 aliphatic heterocycles. The number of nitrogens with one attached hydrogen (secondary N) is 1. The lowest BCUT2D eigenvalue weighted by Gasteiger charge is -2.34. The van der Waals surface area contributed by atoms with Gasteiger partial charge in [-0.15, -0.1) is 12.4 Å². The zero-order chi connectivity index (χ0) is 9.26. The topological polar surface area (TPSA) is 32.3 Å². The van der Waals surface area contributed by atoms with Crippen LogP contribution in [0.1, 0.15) is 32.6 Å². The summed E-state index contributed by atoms with van der Waals surface area (Å²) in [5.41, 5.74) is 0. The van der Waals surface area contributed by atoms with Crippen LogP contribution in [-0.2, 0) is 4.79 Å². The van der Waals surface area contributed by atoms with Gasteiger partial charge in [-0.1, -0.05) is 0 Å². The Morgan fingerprint density at radius 3 is 2.07 bits per heavy atom. The summed E-state index contributed by atoms with van der Waals surface area (Å²) in [6, 6.07) is 1.10. The van der Waals surface area contributed by atoms with Crippen molar-refractivity contribution in [3.05, 3.63) is 0 Å². The highest BCUT2D eigenvalue weighted by molar-refractivity contribution is 5.85. The van der Waals surface area contributed by atoms with E-state index >= 15 is 0 Å². The minimum atomic E-state index is 0. The van der Waals surface area contributed by atoms with Crippen LogP contribution in [0.2, 0.25) is 0 Å². The summed E-state index contributed by atoms with van der Waals surface area (Å²) in [6.45, 7) is 3.85. The normalized spacial score (nSPS) is 22.6. The SMILES string of the molecule is CC(=O)N(C1CCNCC1)C1CC1.Cl. The summed E-state index contributed by atoms with van der Waals surface area (Å²) >= 11 is 0. The molecule has 0 bridgehead atoms. The van der Waals surface area contributed by atoms with Crippen molar-refractivity contribution in [1.82, 2.24) is 10.2 Å². The van der Waals surface area contributed by atoms with Gasteiger partial charge in [-0.25, -0.2) is 0 Å². The van der Waals surface area contributed by atoms with Crippen LogP contribution in [0.25, 0.3) is 0 Å². The minimum absolute atomic E-state index is 0. The first-order valence-corrected chi connectivity index (χ1v) is 5.28. The van der Waals surface area contributed by atoms with E-state index in [0.29, 0.717) is 12.1 Å². The van der Waals surface area contributed by atoms with Gasteiger partial charge < -0.3 is 10.2 Å². The molecule has 1 amide bonds. The maximum absolute atomic E-state index is 11.4. The van der Waals surface area contributed by atoms with Gasteiger partial charge in [-0.2, -0.15) is 0 Å². The second-order valence-corrected chi connectivity index (χ2v) is 4.14. The van der Waals surface area contributed by atoms with E-state index in [0.717, 1.165) is 25.9 Å². The van der Waals surface area contributed by atoms with Crippen LogP contribution in [0.5, 0.6) is 0 Å². The molecule has 2 fully saturated rings. The number of carbonyl (C=O) groups excluding carboxylic acids is 1. The second-order valence-electron chi connectivity index (χ2n) is 4.14. The molecule has 0 unspecified atom stereocenters. The molecule has 3 nitrogen and oxygen atoms in total. The molecule has 0 aromatic rings. The molecule has 1 saturated heterocycles. The second kappa shape index (κ2) is 4.99. The number of nitrogens with zero attached hydrogens (tertiary/aromatic N) is 1. The Morgan fingerprint density at radius 2 is 1.64 bits per heavy atom. The van der Waals surface area contributed by atoms with Crippen molar-refractivity contribution in [1.29, 1.82) is 0 Å². The van der Waals surface area contributed by atoms with E-state index in [1.807, 2.05) is 0 Å². The third kappa shape index (κ3) is 2.61. The number of amides is 1. The smallest absolute Gasteiger partial charge is 0.219 e. The van der Waals surface area contributed by atoms with E-state index in [2.05, 4.69) is 10.2 Å². The third-order valence-electron chi connectivity index (χ3n) is 3.01. The van der Waals surface area contributed by atoms with Crippen molar-refractivity contribution < 1.29 is 4.79 Å². The molecule has 1 N–H and O–H groups in total. The number of piperidine rings is 1. The Labute approximate surface area is 91.6 Å². The summed E-state index contributed by atoms with van der Waals surface area (Å²) in [5, 5.41) is 3.33. The fraction of sp³-hybridized carbons (Fsp3) is 0.900. The Morgan fingerprint density at radius 1 is 1.14 bits per heavy atom. The molecule has 2 aliphatic rings. The number of carbonyl (C=O) groups is 1. The van der Waals surface area contributed by atoms with Crippen LogP contribution in [0.15, 0.2) is 0 Å². The lowest BCUT2D eigenvalue weighted by atomic mass is 10.0. The molecule has 0 radical (unpaired) electrons. The molecule has 1 heterocycles. The molecular formula is C10H19ClN2O. The summed E-state index contributed by atoms with van der Waals surface area (Å²) < 4.78 is 0. The van der Waals surface area contributed by atoms with Crippen molar-refractivity contribution >= 4 is 18.3 Å². The molecule has 0 atom stereocenters. The van der Waals surface area contributed by atoms with Crippen molar-refractivity contribution in [3.8, 4) is 0 Å². The first-order chi connectivity index (χ1) is 6.29. The van der Waals surface area contributed by atoms with Crippen LogP contribution in [-0.4, -0.2) is 36.0 Å².